The number of amides is 1. The molecule has 0 atom stereocenters. The fraction of sp³-hybridized carbons (Fsp3) is 0.300. The van der Waals surface area contributed by atoms with Crippen LogP contribution in [0.25, 0.3) is 10.2 Å². The normalized spacial score (nSPS) is 14.7. The highest BCUT2D eigenvalue weighted by Crippen LogP contribution is 2.30. The van der Waals surface area contributed by atoms with Crippen molar-refractivity contribution in [2.45, 2.75) is 6.92 Å². The number of benzene rings is 2. The fourth-order valence-corrected chi connectivity index (χ4v) is 4.36. The molecular formula is C20H21N3O2S. The largest absolute Gasteiger partial charge is 0.496 e. The second-order valence-electron chi connectivity index (χ2n) is 6.45. The highest BCUT2D eigenvalue weighted by Gasteiger charge is 2.25. The van der Waals surface area contributed by atoms with E-state index in [-0.39, 0.29) is 5.91 Å². The Morgan fingerprint density at radius 2 is 1.88 bits per heavy atom. The lowest BCUT2D eigenvalue weighted by molar-refractivity contribution is 0.0743. The van der Waals surface area contributed by atoms with Crippen molar-refractivity contribution in [3.8, 4) is 5.75 Å². The number of thiazole rings is 1. The summed E-state index contributed by atoms with van der Waals surface area (Å²) < 4.78 is 6.54. The second kappa shape index (κ2) is 6.96. The number of piperazine rings is 1. The standard InChI is InChI=1S/C20H21N3O2S/c1-14-7-8-16-18(13-14)26-20(21-16)23-11-9-22(10-12-23)19(24)15-5-3-4-6-17(15)25-2/h3-8,13H,9-12H2,1-2H3. The zero-order valence-corrected chi connectivity index (χ0v) is 15.8. The van der Waals surface area contributed by atoms with Gasteiger partial charge in [0.2, 0.25) is 0 Å². The zero-order chi connectivity index (χ0) is 18.1. The molecule has 0 saturated carbocycles. The van der Waals surface area contributed by atoms with E-state index in [1.807, 2.05) is 29.2 Å². The van der Waals surface area contributed by atoms with E-state index in [2.05, 4.69) is 30.0 Å². The van der Waals surface area contributed by atoms with E-state index in [0.29, 0.717) is 24.4 Å². The monoisotopic (exact) mass is 367 g/mol. The smallest absolute Gasteiger partial charge is 0.257 e. The van der Waals surface area contributed by atoms with Crippen LogP contribution in [0.5, 0.6) is 5.75 Å². The number of carbonyl (C=O) groups is 1. The maximum absolute atomic E-state index is 12.8. The van der Waals surface area contributed by atoms with Gasteiger partial charge in [0.05, 0.1) is 22.9 Å². The van der Waals surface area contributed by atoms with Crippen molar-refractivity contribution in [3.05, 3.63) is 53.6 Å². The highest BCUT2D eigenvalue weighted by atomic mass is 32.1. The van der Waals surface area contributed by atoms with E-state index in [4.69, 9.17) is 9.72 Å². The molecule has 6 heteroatoms. The molecule has 1 fully saturated rings. The lowest BCUT2D eigenvalue weighted by Gasteiger charge is -2.34. The van der Waals surface area contributed by atoms with Gasteiger partial charge in [-0.3, -0.25) is 4.79 Å². The quantitative estimate of drug-likeness (QED) is 0.710. The van der Waals surface area contributed by atoms with Crippen molar-refractivity contribution >= 4 is 32.6 Å². The van der Waals surface area contributed by atoms with Crippen molar-refractivity contribution in [3.63, 3.8) is 0 Å². The molecule has 2 heterocycles. The summed E-state index contributed by atoms with van der Waals surface area (Å²) >= 11 is 1.72. The molecule has 4 rings (SSSR count). The summed E-state index contributed by atoms with van der Waals surface area (Å²) in [5, 5.41) is 1.04. The van der Waals surface area contributed by atoms with Crippen LogP contribution in [-0.4, -0.2) is 49.1 Å². The summed E-state index contributed by atoms with van der Waals surface area (Å²) in [6.45, 7) is 5.05. The minimum atomic E-state index is 0.0297. The van der Waals surface area contributed by atoms with Gasteiger partial charge in [-0.1, -0.05) is 29.5 Å². The van der Waals surface area contributed by atoms with Crippen LogP contribution in [0.2, 0.25) is 0 Å². The minimum absolute atomic E-state index is 0.0297. The Kier molecular flexibility index (Phi) is 4.51. The van der Waals surface area contributed by atoms with Crippen molar-refractivity contribution in [1.82, 2.24) is 9.88 Å². The van der Waals surface area contributed by atoms with E-state index >= 15 is 0 Å². The van der Waals surface area contributed by atoms with Crippen LogP contribution in [0.1, 0.15) is 15.9 Å². The Balaban J connectivity index is 1.47. The number of hydrogen-bond donors (Lipinski definition) is 0. The number of aromatic nitrogens is 1. The topological polar surface area (TPSA) is 45.7 Å². The Labute approximate surface area is 156 Å². The number of ether oxygens (including phenoxy) is 1. The number of para-hydroxylation sites is 1. The summed E-state index contributed by atoms with van der Waals surface area (Å²) in [6.07, 6.45) is 0. The van der Waals surface area contributed by atoms with Gasteiger partial charge in [-0.05, 0) is 36.8 Å². The third-order valence-electron chi connectivity index (χ3n) is 4.71. The molecule has 1 aromatic heterocycles. The van der Waals surface area contributed by atoms with Crippen molar-refractivity contribution in [1.29, 1.82) is 0 Å². The molecule has 26 heavy (non-hydrogen) atoms. The van der Waals surface area contributed by atoms with Gasteiger partial charge in [0.1, 0.15) is 5.75 Å². The van der Waals surface area contributed by atoms with Gasteiger partial charge in [-0.2, -0.15) is 0 Å². The van der Waals surface area contributed by atoms with Gasteiger partial charge >= 0.3 is 0 Å². The first-order valence-corrected chi connectivity index (χ1v) is 9.52. The number of fused-ring (bicyclic) bond motifs is 1. The summed E-state index contributed by atoms with van der Waals surface area (Å²) in [5.74, 6) is 0.656. The third kappa shape index (κ3) is 3.12. The van der Waals surface area contributed by atoms with Crippen LogP contribution >= 0.6 is 11.3 Å². The predicted molar refractivity (Wildman–Crippen MR) is 105 cm³/mol. The number of carbonyl (C=O) groups excluding carboxylic acids is 1. The fourth-order valence-electron chi connectivity index (χ4n) is 3.25. The van der Waals surface area contributed by atoms with E-state index in [1.54, 1.807) is 18.4 Å². The Bertz CT molecular complexity index is 945. The number of rotatable bonds is 3. The molecule has 134 valence electrons. The van der Waals surface area contributed by atoms with Gasteiger partial charge in [0.25, 0.3) is 5.91 Å². The molecule has 1 aliphatic rings. The predicted octanol–water partition coefficient (Wildman–Crippen LogP) is 3.58. The van der Waals surface area contributed by atoms with Crippen molar-refractivity contribution < 1.29 is 9.53 Å². The number of aryl methyl sites for hydroxylation is 1. The van der Waals surface area contributed by atoms with Crippen LogP contribution in [0, 0.1) is 6.92 Å². The van der Waals surface area contributed by atoms with Crippen LogP contribution in [0.4, 0.5) is 5.13 Å². The van der Waals surface area contributed by atoms with E-state index < -0.39 is 0 Å². The first-order chi connectivity index (χ1) is 12.7. The first-order valence-electron chi connectivity index (χ1n) is 8.70. The van der Waals surface area contributed by atoms with E-state index in [9.17, 15) is 4.79 Å². The van der Waals surface area contributed by atoms with E-state index in [1.165, 1.54) is 10.3 Å². The molecule has 5 nitrogen and oxygen atoms in total. The van der Waals surface area contributed by atoms with Gasteiger partial charge < -0.3 is 14.5 Å². The van der Waals surface area contributed by atoms with Gasteiger partial charge in [-0.25, -0.2) is 4.98 Å². The molecule has 0 aliphatic carbocycles. The van der Waals surface area contributed by atoms with Crippen LogP contribution in [-0.2, 0) is 0 Å². The lowest BCUT2D eigenvalue weighted by atomic mass is 10.1. The SMILES string of the molecule is COc1ccccc1C(=O)N1CCN(c2nc3ccc(C)cc3s2)CC1. The molecule has 0 unspecified atom stereocenters. The molecule has 1 amide bonds. The van der Waals surface area contributed by atoms with E-state index in [0.717, 1.165) is 23.7 Å². The average Bonchev–Trinajstić information content (AvgIpc) is 3.10. The van der Waals surface area contributed by atoms with Crippen LogP contribution in [0.15, 0.2) is 42.5 Å². The summed E-state index contributed by atoms with van der Waals surface area (Å²) in [7, 11) is 1.60. The van der Waals surface area contributed by atoms with Crippen LogP contribution in [0.3, 0.4) is 0 Å². The third-order valence-corrected chi connectivity index (χ3v) is 5.79. The van der Waals surface area contributed by atoms with Crippen molar-refractivity contribution in [2.75, 3.05) is 38.2 Å². The lowest BCUT2D eigenvalue weighted by Crippen LogP contribution is -2.48. The molecule has 3 aromatic rings. The highest BCUT2D eigenvalue weighted by molar-refractivity contribution is 7.22. The Morgan fingerprint density at radius 1 is 1.12 bits per heavy atom. The molecular weight excluding hydrogens is 346 g/mol. The second-order valence-corrected chi connectivity index (χ2v) is 7.46. The molecule has 0 N–H and O–H groups in total. The molecule has 0 spiro atoms. The summed E-state index contributed by atoms with van der Waals surface area (Å²) in [4.78, 5) is 21.7. The van der Waals surface area contributed by atoms with Crippen molar-refractivity contribution in [2.24, 2.45) is 0 Å². The molecule has 0 bridgehead atoms. The minimum Gasteiger partial charge on any atom is -0.496 e. The number of anilines is 1. The molecule has 1 aliphatic heterocycles. The maximum atomic E-state index is 12.8. The summed E-state index contributed by atoms with van der Waals surface area (Å²) in [5.41, 5.74) is 2.92. The van der Waals surface area contributed by atoms with Gasteiger partial charge in [0.15, 0.2) is 5.13 Å². The average molecular weight is 367 g/mol. The number of hydrogen-bond acceptors (Lipinski definition) is 5. The first kappa shape index (κ1) is 16.8. The van der Waals surface area contributed by atoms with Crippen LogP contribution < -0.4 is 9.64 Å². The summed E-state index contributed by atoms with van der Waals surface area (Å²) in [6, 6.07) is 13.7. The zero-order valence-electron chi connectivity index (χ0n) is 14.9. The Morgan fingerprint density at radius 3 is 2.65 bits per heavy atom. The number of methoxy groups -OCH3 is 1. The number of nitrogens with zero attached hydrogens (tertiary/aromatic N) is 3. The Hall–Kier alpha value is -2.60. The van der Waals surface area contributed by atoms with Gasteiger partial charge in [0, 0.05) is 26.2 Å². The molecule has 1 saturated heterocycles. The molecule has 0 radical (unpaired) electrons. The maximum Gasteiger partial charge on any atom is 0.257 e. The molecule has 2 aromatic carbocycles. The van der Waals surface area contributed by atoms with Gasteiger partial charge in [-0.15, -0.1) is 0 Å².